The number of halogens is 5. The van der Waals surface area contributed by atoms with Crippen LogP contribution in [0, 0.1) is 11.7 Å². The maximum Gasteiger partial charge on any atom is 0.416 e. The molecule has 0 aromatic heterocycles. The number of fused-ring (bicyclic) bond motifs is 1. The first-order valence-corrected chi connectivity index (χ1v) is 11.5. The van der Waals surface area contributed by atoms with Crippen molar-refractivity contribution >= 4 is 23.1 Å². The molecule has 1 aliphatic carbocycles. The molecule has 172 valence electrons. The van der Waals surface area contributed by atoms with Gasteiger partial charge in [0.05, 0.1) is 5.56 Å². The molecule has 2 nitrogen and oxygen atoms in total. The quantitative estimate of drug-likeness (QED) is 0.421. The van der Waals surface area contributed by atoms with Crippen LogP contribution in [0.1, 0.15) is 60.8 Å². The number of nitrogens with zero attached hydrogens (tertiary/aromatic N) is 1. The summed E-state index contributed by atoms with van der Waals surface area (Å²) < 4.78 is 55.2. The van der Waals surface area contributed by atoms with Gasteiger partial charge in [-0.05, 0) is 59.7 Å². The highest BCUT2D eigenvalue weighted by Gasteiger charge is 2.36. The van der Waals surface area contributed by atoms with Gasteiger partial charge < -0.3 is 4.90 Å². The van der Waals surface area contributed by atoms with E-state index in [1.807, 2.05) is 4.90 Å². The Bertz CT molecular complexity index is 998. The van der Waals surface area contributed by atoms with E-state index in [4.69, 9.17) is 11.6 Å². The highest BCUT2D eigenvalue weighted by atomic mass is 35.5. The van der Waals surface area contributed by atoms with E-state index in [2.05, 4.69) is 0 Å². The number of anilines is 1. The normalized spacial score (nSPS) is 17.0. The number of benzene rings is 2. The number of ketones is 1. The fourth-order valence-electron chi connectivity index (χ4n) is 4.93. The molecule has 1 saturated carbocycles. The Labute approximate surface area is 190 Å². The van der Waals surface area contributed by atoms with Crippen molar-refractivity contribution in [3.8, 4) is 0 Å². The predicted octanol–water partition coefficient (Wildman–Crippen LogP) is 7.14. The Kier molecular flexibility index (Phi) is 6.80. The Hall–Kier alpha value is -2.08. The van der Waals surface area contributed by atoms with Crippen molar-refractivity contribution in [3.05, 3.63) is 63.4 Å². The number of hydrogen-bond donors (Lipinski definition) is 0. The van der Waals surface area contributed by atoms with Crippen LogP contribution in [0.25, 0.3) is 0 Å². The summed E-state index contributed by atoms with van der Waals surface area (Å²) in [6.45, 7) is 0.840. The molecule has 0 amide bonds. The molecule has 0 radical (unpaired) electrons. The van der Waals surface area contributed by atoms with Gasteiger partial charge in [0, 0.05) is 36.6 Å². The van der Waals surface area contributed by atoms with Crippen molar-refractivity contribution in [2.45, 2.75) is 64.1 Å². The van der Waals surface area contributed by atoms with Crippen LogP contribution in [0.2, 0.25) is 5.02 Å². The second-order valence-electron chi connectivity index (χ2n) is 8.94. The monoisotopic (exact) mass is 467 g/mol. The van der Waals surface area contributed by atoms with E-state index in [0.29, 0.717) is 37.5 Å². The van der Waals surface area contributed by atoms with Gasteiger partial charge in [-0.1, -0.05) is 43.4 Å². The molecule has 1 fully saturated rings. The summed E-state index contributed by atoms with van der Waals surface area (Å²) in [5.41, 5.74) is 1.12. The second kappa shape index (κ2) is 9.42. The fourth-order valence-corrected chi connectivity index (χ4v) is 5.21. The van der Waals surface area contributed by atoms with Crippen molar-refractivity contribution in [2.24, 2.45) is 5.92 Å². The SMILES string of the molecule is O=C(CCC1CCCC1)Cc1c(Cl)cc(N2CCc3cc(F)ccc3C2)cc1C(F)(F)F. The zero-order valence-electron chi connectivity index (χ0n) is 17.8. The molecule has 7 heteroatoms. The number of hydrogen-bond acceptors (Lipinski definition) is 2. The highest BCUT2D eigenvalue weighted by Crippen LogP contribution is 2.40. The van der Waals surface area contributed by atoms with Crippen LogP contribution < -0.4 is 4.90 Å². The van der Waals surface area contributed by atoms with E-state index < -0.39 is 11.7 Å². The molecule has 2 aromatic rings. The van der Waals surface area contributed by atoms with Gasteiger partial charge in [-0.2, -0.15) is 13.2 Å². The summed E-state index contributed by atoms with van der Waals surface area (Å²) in [4.78, 5) is 14.3. The largest absolute Gasteiger partial charge is 0.416 e. The summed E-state index contributed by atoms with van der Waals surface area (Å²) in [7, 11) is 0. The van der Waals surface area contributed by atoms with E-state index >= 15 is 0 Å². The van der Waals surface area contributed by atoms with Crippen molar-refractivity contribution in [1.82, 2.24) is 0 Å². The van der Waals surface area contributed by atoms with Crippen molar-refractivity contribution in [1.29, 1.82) is 0 Å². The Morgan fingerprint density at radius 2 is 1.84 bits per heavy atom. The van der Waals surface area contributed by atoms with Gasteiger partial charge in [0.25, 0.3) is 0 Å². The lowest BCUT2D eigenvalue weighted by Gasteiger charge is -2.32. The molecule has 0 bridgehead atoms. The topological polar surface area (TPSA) is 20.3 Å². The molecular formula is C25H26ClF4NO. The molecule has 0 saturated heterocycles. The first-order chi connectivity index (χ1) is 15.2. The van der Waals surface area contributed by atoms with E-state index in [1.54, 1.807) is 6.07 Å². The average molecular weight is 468 g/mol. The van der Waals surface area contributed by atoms with Gasteiger partial charge in [-0.25, -0.2) is 4.39 Å². The molecule has 32 heavy (non-hydrogen) atoms. The molecule has 0 spiro atoms. The number of carbonyl (C=O) groups is 1. The smallest absolute Gasteiger partial charge is 0.367 e. The minimum Gasteiger partial charge on any atom is -0.367 e. The van der Waals surface area contributed by atoms with Gasteiger partial charge in [0.2, 0.25) is 0 Å². The summed E-state index contributed by atoms with van der Waals surface area (Å²) in [5.74, 6) is -0.0122. The van der Waals surface area contributed by atoms with Crippen molar-refractivity contribution in [3.63, 3.8) is 0 Å². The predicted molar refractivity (Wildman–Crippen MR) is 118 cm³/mol. The molecule has 0 atom stereocenters. The molecule has 0 unspecified atom stereocenters. The molecule has 0 N–H and O–H groups in total. The minimum atomic E-state index is -4.61. The van der Waals surface area contributed by atoms with Crippen LogP contribution in [0.5, 0.6) is 0 Å². The van der Waals surface area contributed by atoms with E-state index in [-0.39, 0.29) is 28.6 Å². The molecule has 2 aromatic carbocycles. The standard InChI is InChI=1S/C25H26ClF4NO/c26-24-13-20(31-10-9-17-11-19(27)7-6-18(17)15-31)12-23(25(28,29)30)22(24)14-21(32)8-5-16-3-1-2-4-16/h6-7,11-13,16H,1-5,8-10,14-15H2. The number of Topliss-reactive ketones (excluding diaryl/α,β-unsaturated/α-hetero) is 1. The molecular weight excluding hydrogens is 442 g/mol. The van der Waals surface area contributed by atoms with Gasteiger partial charge in [-0.3, -0.25) is 4.79 Å². The van der Waals surface area contributed by atoms with Crippen LogP contribution in [-0.2, 0) is 30.4 Å². The summed E-state index contributed by atoms with van der Waals surface area (Å²) in [5, 5.41) is -0.0334. The minimum absolute atomic E-state index is 0.0334. The third-order valence-corrected chi connectivity index (χ3v) is 7.05. The third kappa shape index (κ3) is 5.28. The van der Waals surface area contributed by atoms with Crippen LogP contribution >= 0.6 is 11.6 Å². The summed E-state index contributed by atoms with van der Waals surface area (Å²) in [6, 6.07) is 7.11. The highest BCUT2D eigenvalue weighted by molar-refractivity contribution is 6.32. The Morgan fingerprint density at radius 3 is 2.56 bits per heavy atom. The molecule has 1 aliphatic heterocycles. The number of alkyl halides is 3. The zero-order valence-corrected chi connectivity index (χ0v) is 18.5. The van der Waals surface area contributed by atoms with E-state index in [1.165, 1.54) is 31.0 Å². The number of rotatable bonds is 6. The van der Waals surface area contributed by atoms with Gasteiger partial charge >= 0.3 is 6.18 Å². The van der Waals surface area contributed by atoms with Gasteiger partial charge in [0.15, 0.2) is 0 Å². The maximum absolute atomic E-state index is 13.9. The average Bonchev–Trinajstić information content (AvgIpc) is 3.26. The van der Waals surface area contributed by atoms with Gasteiger partial charge in [-0.15, -0.1) is 0 Å². The van der Waals surface area contributed by atoms with Crippen LogP contribution in [-0.4, -0.2) is 12.3 Å². The molecule has 1 heterocycles. The lowest BCUT2D eigenvalue weighted by atomic mass is 9.94. The maximum atomic E-state index is 13.9. The Morgan fingerprint density at radius 1 is 1.09 bits per heavy atom. The lowest BCUT2D eigenvalue weighted by Crippen LogP contribution is -2.31. The third-order valence-electron chi connectivity index (χ3n) is 6.71. The summed E-state index contributed by atoms with van der Waals surface area (Å²) >= 11 is 6.32. The molecule has 2 aliphatic rings. The van der Waals surface area contributed by atoms with Crippen LogP contribution in [0.15, 0.2) is 30.3 Å². The zero-order chi connectivity index (χ0) is 22.9. The van der Waals surface area contributed by atoms with E-state index in [0.717, 1.165) is 36.5 Å². The van der Waals surface area contributed by atoms with E-state index in [9.17, 15) is 22.4 Å². The Balaban J connectivity index is 1.55. The lowest BCUT2D eigenvalue weighted by molar-refractivity contribution is -0.138. The molecule has 4 rings (SSSR count). The first kappa shape index (κ1) is 23.1. The first-order valence-electron chi connectivity index (χ1n) is 11.1. The second-order valence-corrected chi connectivity index (χ2v) is 9.35. The van der Waals surface area contributed by atoms with Gasteiger partial charge in [0.1, 0.15) is 11.6 Å². The van der Waals surface area contributed by atoms with Crippen molar-refractivity contribution < 1.29 is 22.4 Å². The number of carbonyl (C=O) groups excluding carboxylic acids is 1. The van der Waals surface area contributed by atoms with Crippen molar-refractivity contribution in [2.75, 3.05) is 11.4 Å². The van der Waals surface area contributed by atoms with Crippen LogP contribution in [0.4, 0.5) is 23.2 Å². The fraction of sp³-hybridized carbons (Fsp3) is 0.480. The summed E-state index contributed by atoms with van der Waals surface area (Å²) in [6.07, 6.45) is 1.18. The van der Waals surface area contributed by atoms with Crippen LogP contribution in [0.3, 0.4) is 0 Å².